The summed E-state index contributed by atoms with van der Waals surface area (Å²) in [4.78, 5) is 73.1. The van der Waals surface area contributed by atoms with Gasteiger partial charge in [0.1, 0.15) is 19.3 Å². The number of ether oxygens (including phenoxy) is 4. The summed E-state index contributed by atoms with van der Waals surface area (Å²) in [7, 11) is -9.95. The Balaban J connectivity index is 5.34. The Morgan fingerprint density at radius 1 is 0.284 bits per heavy atom. The Morgan fingerprint density at radius 2 is 0.510 bits per heavy atom. The highest BCUT2D eigenvalue weighted by Gasteiger charge is 2.30. The van der Waals surface area contributed by atoms with Crippen LogP contribution in [0.15, 0.2) is 60.8 Å². The summed E-state index contributed by atoms with van der Waals surface area (Å²) < 4.78 is 68.7. The van der Waals surface area contributed by atoms with Gasteiger partial charge in [0, 0.05) is 25.7 Å². The third-order valence-corrected chi connectivity index (χ3v) is 19.9. The lowest BCUT2D eigenvalue weighted by Gasteiger charge is -2.21. The molecule has 596 valence electrons. The molecule has 17 nitrogen and oxygen atoms in total. The first-order valence-electron chi connectivity index (χ1n) is 41.5. The van der Waals surface area contributed by atoms with Crippen molar-refractivity contribution in [3.8, 4) is 0 Å². The number of allylic oxidation sites excluding steroid dienone is 10. The lowest BCUT2D eigenvalue weighted by atomic mass is 10.0. The maximum atomic E-state index is 13.1. The van der Waals surface area contributed by atoms with Crippen LogP contribution in [0, 0.1) is 0 Å². The van der Waals surface area contributed by atoms with Crippen molar-refractivity contribution in [2.45, 2.75) is 406 Å². The number of aliphatic hydroxyl groups is 1. The fraction of sp³-hybridized carbons (Fsp3) is 0.831. The van der Waals surface area contributed by atoms with E-state index in [1.165, 1.54) is 141 Å². The van der Waals surface area contributed by atoms with E-state index in [2.05, 4.69) is 88.5 Å². The van der Waals surface area contributed by atoms with Crippen molar-refractivity contribution >= 4 is 39.5 Å². The molecule has 0 aromatic rings. The van der Waals surface area contributed by atoms with Gasteiger partial charge in [-0.25, -0.2) is 9.13 Å². The zero-order valence-corrected chi connectivity index (χ0v) is 67.1. The second-order valence-electron chi connectivity index (χ2n) is 28.0. The van der Waals surface area contributed by atoms with Gasteiger partial charge in [0.2, 0.25) is 0 Å². The van der Waals surface area contributed by atoms with Crippen LogP contribution in [0.5, 0.6) is 0 Å². The van der Waals surface area contributed by atoms with E-state index in [-0.39, 0.29) is 25.7 Å². The van der Waals surface area contributed by atoms with Crippen LogP contribution in [-0.2, 0) is 65.4 Å². The van der Waals surface area contributed by atoms with Crippen molar-refractivity contribution in [3.63, 3.8) is 0 Å². The van der Waals surface area contributed by atoms with Crippen LogP contribution in [0.2, 0.25) is 0 Å². The zero-order valence-electron chi connectivity index (χ0n) is 65.3. The number of rotatable bonds is 79. The van der Waals surface area contributed by atoms with E-state index in [1.807, 2.05) is 0 Å². The van der Waals surface area contributed by atoms with Crippen LogP contribution in [-0.4, -0.2) is 96.7 Å². The van der Waals surface area contributed by atoms with Crippen LogP contribution in [0.25, 0.3) is 0 Å². The van der Waals surface area contributed by atoms with Crippen molar-refractivity contribution in [2.75, 3.05) is 39.6 Å². The van der Waals surface area contributed by atoms with Gasteiger partial charge < -0.3 is 33.8 Å². The van der Waals surface area contributed by atoms with Crippen molar-refractivity contribution < 1.29 is 80.2 Å². The molecule has 0 aliphatic carbocycles. The van der Waals surface area contributed by atoms with Crippen LogP contribution >= 0.6 is 15.6 Å². The molecular weight excluding hydrogens is 1330 g/mol. The largest absolute Gasteiger partial charge is 0.472 e. The summed E-state index contributed by atoms with van der Waals surface area (Å²) in [5.74, 6) is -2.16. The molecule has 102 heavy (non-hydrogen) atoms. The second kappa shape index (κ2) is 76.0. The van der Waals surface area contributed by atoms with Crippen LogP contribution in [0.3, 0.4) is 0 Å². The number of phosphoric ester groups is 2. The number of hydrogen-bond acceptors (Lipinski definition) is 15. The van der Waals surface area contributed by atoms with Gasteiger partial charge in [0.05, 0.1) is 26.4 Å². The molecule has 0 heterocycles. The number of aliphatic hydroxyl groups excluding tert-OH is 1. The van der Waals surface area contributed by atoms with Gasteiger partial charge in [0.15, 0.2) is 12.2 Å². The molecular formula is C83H152O17P2. The van der Waals surface area contributed by atoms with E-state index in [4.69, 9.17) is 37.0 Å². The molecule has 0 bridgehead atoms. The van der Waals surface area contributed by atoms with Crippen LogP contribution < -0.4 is 0 Å². The Morgan fingerprint density at radius 3 is 0.794 bits per heavy atom. The fourth-order valence-corrected chi connectivity index (χ4v) is 13.2. The van der Waals surface area contributed by atoms with E-state index < -0.39 is 97.5 Å². The Kier molecular flexibility index (Phi) is 73.6. The summed E-state index contributed by atoms with van der Waals surface area (Å²) in [6.45, 7) is 4.82. The average molecular weight is 1480 g/mol. The lowest BCUT2D eigenvalue weighted by Crippen LogP contribution is -2.30. The molecule has 0 saturated heterocycles. The highest BCUT2D eigenvalue weighted by atomic mass is 31.2. The minimum atomic E-state index is -4.98. The van der Waals surface area contributed by atoms with Gasteiger partial charge in [-0.2, -0.15) is 0 Å². The minimum absolute atomic E-state index is 0.0867. The smallest absolute Gasteiger partial charge is 0.462 e. The van der Waals surface area contributed by atoms with Crippen molar-refractivity contribution in [2.24, 2.45) is 0 Å². The Hall–Kier alpha value is -3.24. The third-order valence-electron chi connectivity index (χ3n) is 18.0. The number of carbonyl (C=O) groups excluding carboxylic acids is 4. The topological polar surface area (TPSA) is 237 Å². The lowest BCUT2D eigenvalue weighted by molar-refractivity contribution is -0.161. The first-order chi connectivity index (χ1) is 49.7. The van der Waals surface area contributed by atoms with Crippen molar-refractivity contribution in [3.05, 3.63) is 60.8 Å². The molecule has 3 N–H and O–H groups in total. The molecule has 0 aliphatic heterocycles. The number of carbonyl (C=O) groups is 4. The standard InChI is InChI=1S/C83H152O17P2/c1-5-9-13-17-21-25-29-33-37-38-42-44-48-52-56-60-64-68-81(86)94-74-79(100-83(88)70-66-62-58-54-50-46-41-36-32-28-24-20-16-12-8-4)76-98-102(91,92)96-72-77(84)71-95-101(89,90)97-75-78(99-82(87)69-65-61-57-53-49-45-40-35-31-27-23-19-15-11-7-3)73-93-80(85)67-63-59-55-51-47-43-39-34-30-26-22-18-14-10-6-2/h9,13,21,25,33-34,36-37,39,41,77-79,84H,5-8,10-12,14-20,22-24,26-32,35,38,40,42-76H2,1-4H3,(H,89,90)(H,91,92)/b13-9-,25-21-,37-33-,39-34-,41-36-. The summed E-state index contributed by atoms with van der Waals surface area (Å²) in [6, 6.07) is 0. The maximum Gasteiger partial charge on any atom is 0.472 e. The predicted molar refractivity (Wildman–Crippen MR) is 418 cm³/mol. The molecule has 0 fully saturated rings. The highest BCUT2D eigenvalue weighted by Crippen LogP contribution is 2.45. The minimum Gasteiger partial charge on any atom is -0.462 e. The molecule has 0 spiro atoms. The molecule has 0 aromatic carbocycles. The third kappa shape index (κ3) is 75.0. The second-order valence-corrected chi connectivity index (χ2v) is 30.9. The van der Waals surface area contributed by atoms with E-state index in [0.717, 1.165) is 167 Å². The van der Waals surface area contributed by atoms with Crippen LogP contribution in [0.4, 0.5) is 0 Å². The average Bonchev–Trinajstić information content (AvgIpc) is 0.923. The van der Waals surface area contributed by atoms with Gasteiger partial charge in [-0.3, -0.25) is 37.3 Å². The van der Waals surface area contributed by atoms with Crippen molar-refractivity contribution in [1.82, 2.24) is 0 Å². The molecule has 0 rings (SSSR count). The molecule has 5 atom stereocenters. The first kappa shape index (κ1) is 98.8. The summed E-state index contributed by atoms with van der Waals surface area (Å²) >= 11 is 0. The molecule has 0 radical (unpaired) electrons. The van der Waals surface area contributed by atoms with Crippen molar-refractivity contribution in [1.29, 1.82) is 0 Å². The molecule has 0 amide bonds. The molecule has 0 aromatic heterocycles. The van der Waals surface area contributed by atoms with E-state index in [1.54, 1.807) is 0 Å². The fourth-order valence-electron chi connectivity index (χ4n) is 11.6. The molecule has 5 unspecified atom stereocenters. The van der Waals surface area contributed by atoms with Crippen LogP contribution in [0.1, 0.15) is 387 Å². The van der Waals surface area contributed by atoms with Gasteiger partial charge in [0.25, 0.3) is 0 Å². The van der Waals surface area contributed by atoms with Gasteiger partial charge >= 0.3 is 39.5 Å². The predicted octanol–water partition coefficient (Wildman–Crippen LogP) is 24.2. The summed E-state index contributed by atoms with van der Waals surface area (Å²) in [5, 5.41) is 10.7. The zero-order chi connectivity index (χ0) is 74.6. The quantitative estimate of drug-likeness (QED) is 0.0169. The summed E-state index contributed by atoms with van der Waals surface area (Å²) in [5.41, 5.74) is 0. The Labute approximate surface area is 622 Å². The highest BCUT2D eigenvalue weighted by molar-refractivity contribution is 7.47. The number of esters is 4. The normalized spacial score (nSPS) is 14.1. The van der Waals surface area contributed by atoms with Gasteiger partial charge in [-0.1, -0.05) is 313 Å². The van der Waals surface area contributed by atoms with Gasteiger partial charge in [-0.15, -0.1) is 0 Å². The Bertz CT molecular complexity index is 2170. The number of hydrogen-bond donors (Lipinski definition) is 3. The van der Waals surface area contributed by atoms with E-state index in [9.17, 15) is 43.2 Å². The SMILES string of the molecule is CC/C=C\C/C=C\C/C=C\CCCCCCCCCC(=O)OCC(COP(=O)(O)OCC(O)COP(=O)(O)OCC(COC(=O)CCCCCCC/C=C\CCCCCCCC)OC(=O)CCCCCCCCCCCCCCCCC)OC(=O)CCCCCCC/C=C\CCCCCCCC. The van der Waals surface area contributed by atoms with Gasteiger partial charge in [-0.05, 0) is 109 Å². The monoisotopic (exact) mass is 1480 g/mol. The molecule has 0 saturated carbocycles. The molecule has 0 aliphatic rings. The number of unbranched alkanes of at least 4 members (excludes halogenated alkanes) is 43. The van der Waals surface area contributed by atoms with E-state index >= 15 is 0 Å². The molecule has 19 heteroatoms. The maximum absolute atomic E-state index is 13.1. The van der Waals surface area contributed by atoms with E-state index in [0.29, 0.717) is 25.7 Å². The summed E-state index contributed by atoms with van der Waals surface area (Å²) in [6.07, 6.45) is 76.1. The number of phosphoric acid groups is 2. The first-order valence-corrected chi connectivity index (χ1v) is 44.5.